The molecular weight excluding hydrogens is 306 g/mol. The Morgan fingerprint density at radius 1 is 1.09 bits per heavy atom. The zero-order valence-corrected chi connectivity index (χ0v) is 13.5. The molecule has 0 radical (unpaired) electrons. The number of β-amino-alcohol motifs (C(OH)–C–C–N with tert-alkyl or cyclic N) is 1. The van der Waals surface area contributed by atoms with Crippen LogP contribution in [0.15, 0.2) is 29.2 Å². The smallest absolute Gasteiger partial charge is 0.232 e. The van der Waals surface area contributed by atoms with E-state index in [9.17, 15) is 23.1 Å². The van der Waals surface area contributed by atoms with Crippen molar-refractivity contribution in [3.05, 3.63) is 29.8 Å². The Bertz CT molecular complexity index is 675. The van der Waals surface area contributed by atoms with E-state index in [0.29, 0.717) is 5.56 Å². The van der Waals surface area contributed by atoms with Crippen molar-refractivity contribution < 1.29 is 23.1 Å². The van der Waals surface area contributed by atoms with Gasteiger partial charge in [-0.2, -0.15) is 0 Å². The monoisotopic (exact) mass is 325 g/mol. The quantitative estimate of drug-likeness (QED) is 0.825. The number of sulfone groups is 1. The fraction of sp³-hybridized carbons (Fsp3) is 0.467. The number of aliphatic hydroxyl groups is 1. The highest BCUT2D eigenvalue weighted by Crippen LogP contribution is 2.27. The summed E-state index contributed by atoms with van der Waals surface area (Å²) in [6, 6.07) is 5.76. The van der Waals surface area contributed by atoms with Gasteiger partial charge < -0.3 is 5.11 Å². The standard InChI is InChI=1S/C15H19NO5S/c1-9-10(2)15(19)16(14(9)18)8-13(17)11-4-6-12(7-5-11)22(3,20)21/h4-7,9-10,13,17H,8H2,1-3H3/t9-,10-,13-/m0/s1. The fourth-order valence-electron chi connectivity index (χ4n) is 2.42. The van der Waals surface area contributed by atoms with Gasteiger partial charge in [-0.1, -0.05) is 26.0 Å². The molecule has 0 aromatic heterocycles. The second kappa shape index (κ2) is 5.81. The second-order valence-corrected chi connectivity index (χ2v) is 7.74. The SMILES string of the molecule is C[C@@H]1C(=O)N(C[C@H](O)c2ccc(S(C)(=O)=O)cc2)C(=O)[C@H]1C. The number of likely N-dealkylation sites (tertiary alicyclic amines) is 1. The number of rotatable bonds is 4. The number of benzene rings is 1. The van der Waals surface area contributed by atoms with Crippen LogP contribution >= 0.6 is 0 Å². The lowest BCUT2D eigenvalue weighted by molar-refractivity contribution is -0.141. The molecule has 0 bridgehead atoms. The average molecular weight is 325 g/mol. The molecule has 0 saturated carbocycles. The highest BCUT2D eigenvalue weighted by molar-refractivity contribution is 7.90. The van der Waals surface area contributed by atoms with Crippen LogP contribution in [0.1, 0.15) is 25.5 Å². The number of aliphatic hydroxyl groups excluding tert-OH is 1. The third-order valence-electron chi connectivity index (χ3n) is 4.11. The molecule has 3 atom stereocenters. The minimum absolute atomic E-state index is 0.120. The zero-order chi connectivity index (χ0) is 16.7. The van der Waals surface area contributed by atoms with Gasteiger partial charge >= 0.3 is 0 Å². The van der Waals surface area contributed by atoms with Gasteiger partial charge in [0.25, 0.3) is 0 Å². The molecule has 1 aliphatic rings. The summed E-state index contributed by atoms with van der Waals surface area (Å²) >= 11 is 0. The van der Waals surface area contributed by atoms with Crippen molar-refractivity contribution in [2.75, 3.05) is 12.8 Å². The minimum Gasteiger partial charge on any atom is -0.387 e. The summed E-state index contributed by atoms with van der Waals surface area (Å²) in [6.07, 6.45) is 0.0574. The van der Waals surface area contributed by atoms with Gasteiger partial charge in [0, 0.05) is 18.1 Å². The van der Waals surface area contributed by atoms with E-state index in [1.54, 1.807) is 13.8 Å². The molecule has 1 N–H and O–H groups in total. The lowest BCUT2D eigenvalue weighted by Crippen LogP contribution is -2.34. The molecule has 1 aliphatic heterocycles. The molecule has 120 valence electrons. The Balaban J connectivity index is 2.14. The van der Waals surface area contributed by atoms with Crippen molar-refractivity contribution in [1.29, 1.82) is 0 Å². The number of nitrogens with zero attached hydrogens (tertiary/aromatic N) is 1. The van der Waals surface area contributed by atoms with Gasteiger partial charge in [0.05, 0.1) is 17.5 Å². The molecule has 1 heterocycles. The third-order valence-corrected chi connectivity index (χ3v) is 5.24. The van der Waals surface area contributed by atoms with Gasteiger partial charge in [0.2, 0.25) is 11.8 Å². The minimum atomic E-state index is -3.30. The molecule has 1 saturated heterocycles. The molecule has 6 nitrogen and oxygen atoms in total. The Kier molecular flexibility index (Phi) is 4.39. The topological polar surface area (TPSA) is 91.8 Å². The summed E-state index contributed by atoms with van der Waals surface area (Å²) in [5, 5.41) is 10.2. The second-order valence-electron chi connectivity index (χ2n) is 5.72. The lowest BCUT2D eigenvalue weighted by Gasteiger charge is -2.19. The van der Waals surface area contributed by atoms with E-state index in [1.165, 1.54) is 24.3 Å². The number of imide groups is 1. The first-order chi connectivity index (χ1) is 10.1. The summed E-state index contributed by atoms with van der Waals surface area (Å²) in [5.74, 6) is -1.34. The van der Waals surface area contributed by atoms with Crippen LogP contribution in [0.2, 0.25) is 0 Å². The van der Waals surface area contributed by atoms with Gasteiger partial charge in [-0.25, -0.2) is 8.42 Å². The summed E-state index contributed by atoms with van der Waals surface area (Å²) in [6.45, 7) is 3.26. The van der Waals surface area contributed by atoms with Gasteiger partial charge in [-0.05, 0) is 17.7 Å². The Labute approximate surface area is 129 Å². The molecular formula is C15H19NO5S. The number of hydrogen-bond donors (Lipinski definition) is 1. The first-order valence-electron chi connectivity index (χ1n) is 6.96. The first kappa shape index (κ1) is 16.6. The van der Waals surface area contributed by atoms with Crippen LogP contribution in [0.4, 0.5) is 0 Å². The van der Waals surface area contributed by atoms with Crippen molar-refractivity contribution in [2.24, 2.45) is 11.8 Å². The van der Waals surface area contributed by atoms with Crippen molar-refractivity contribution in [3.8, 4) is 0 Å². The van der Waals surface area contributed by atoms with E-state index >= 15 is 0 Å². The highest BCUT2D eigenvalue weighted by atomic mass is 32.2. The molecule has 0 spiro atoms. The first-order valence-corrected chi connectivity index (χ1v) is 8.85. The lowest BCUT2D eigenvalue weighted by atomic mass is 10.00. The van der Waals surface area contributed by atoms with E-state index in [-0.39, 0.29) is 35.1 Å². The van der Waals surface area contributed by atoms with E-state index < -0.39 is 15.9 Å². The van der Waals surface area contributed by atoms with E-state index in [4.69, 9.17) is 0 Å². The molecule has 2 amide bonds. The van der Waals surface area contributed by atoms with Crippen LogP contribution in [-0.4, -0.2) is 43.0 Å². The summed E-state index contributed by atoms with van der Waals surface area (Å²) in [7, 11) is -3.30. The fourth-order valence-corrected chi connectivity index (χ4v) is 3.05. The Morgan fingerprint density at radius 3 is 1.95 bits per heavy atom. The van der Waals surface area contributed by atoms with Crippen molar-refractivity contribution >= 4 is 21.7 Å². The molecule has 0 aliphatic carbocycles. The van der Waals surface area contributed by atoms with E-state index in [2.05, 4.69) is 0 Å². The summed E-state index contributed by atoms with van der Waals surface area (Å²) < 4.78 is 22.8. The molecule has 1 fully saturated rings. The zero-order valence-electron chi connectivity index (χ0n) is 12.7. The van der Waals surface area contributed by atoms with Crippen LogP contribution in [0.25, 0.3) is 0 Å². The highest BCUT2D eigenvalue weighted by Gasteiger charge is 2.42. The normalized spacial score (nSPS) is 23.9. The van der Waals surface area contributed by atoms with E-state index in [1.807, 2.05) is 0 Å². The average Bonchev–Trinajstić information content (AvgIpc) is 2.64. The molecule has 7 heteroatoms. The molecule has 22 heavy (non-hydrogen) atoms. The van der Waals surface area contributed by atoms with E-state index in [0.717, 1.165) is 11.2 Å². The number of carbonyl (C=O) groups is 2. The van der Waals surface area contributed by atoms with Crippen LogP contribution in [0, 0.1) is 11.8 Å². The van der Waals surface area contributed by atoms with Crippen LogP contribution in [-0.2, 0) is 19.4 Å². The molecule has 0 unspecified atom stereocenters. The Hall–Kier alpha value is -1.73. The maximum Gasteiger partial charge on any atom is 0.232 e. The largest absolute Gasteiger partial charge is 0.387 e. The van der Waals surface area contributed by atoms with Crippen LogP contribution in [0.3, 0.4) is 0 Å². The van der Waals surface area contributed by atoms with Gasteiger partial charge in [-0.15, -0.1) is 0 Å². The van der Waals surface area contributed by atoms with Gasteiger partial charge in [-0.3, -0.25) is 14.5 Å². The molecule has 1 aromatic rings. The predicted molar refractivity (Wildman–Crippen MR) is 79.6 cm³/mol. The number of hydrogen-bond acceptors (Lipinski definition) is 5. The number of carbonyl (C=O) groups excluding carboxylic acids is 2. The Morgan fingerprint density at radius 2 is 1.55 bits per heavy atom. The maximum absolute atomic E-state index is 12.0. The van der Waals surface area contributed by atoms with Crippen LogP contribution in [0.5, 0.6) is 0 Å². The predicted octanol–water partition coefficient (Wildman–Crippen LogP) is 0.764. The van der Waals surface area contributed by atoms with Gasteiger partial charge in [0.1, 0.15) is 0 Å². The molecule has 1 aromatic carbocycles. The van der Waals surface area contributed by atoms with Crippen LogP contribution < -0.4 is 0 Å². The third kappa shape index (κ3) is 3.05. The maximum atomic E-state index is 12.0. The van der Waals surface area contributed by atoms with Crippen molar-refractivity contribution in [1.82, 2.24) is 4.90 Å². The van der Waals surface area contributed by atoms with Crippen molar-refractivity contribution in [2.45, 2.75) is 24.8 Å². The van der Waals surface area contributed by atoms with Gasteiger partial charge in [0.15, 0.2) is 9.84 Å². The molecule has 2 rings (SSSR count). The summed E-state index contributed by atoms with van der Waals surface area (Å²) in [5.41, 5.74) is 0.459. The van der Waals surface area contributed by atoms with Crippen molar-refractivity contribution in [3.63, 3.8) is 0 Å². The number of amides is 2. The summed E-state index contributed by atoms with van der Waals surface area (Å²) in [4.78, 5) is 25.2.